The minimum Gasteiger partial charge on any atom is -0.472 e. The van der Waals surface area contributed by atoms with Crippen molar-refractivity contribution in [1.29, 1.82) is 0 Å². The van der Waals surface area contributed by atoms with Gasteiger partial charge in [0.1, 0.15) is 23.6 Å². The van der Waals surface area contributed by atoms with Crippen molar-refractivity contribution in [2.75, 3.05) is 13.2 Å². The van der Waals surface area contributed by atoms with Crippen molar-refractivity contribution in [2.45, 2.75) is 24.2 Å². The molecule has 12 heteroatoms. The van der Waals surface area contributed by atoms with Crippen LogP contribution in [-0.4, -0.2) is 23.2 Å². The molecule has 1 aromatic carbocycles. The molecule has 2 aromatic rings. The molecular weight excluding hydrogens is 402 g/mol. The predicted octanol–water partition coefficient (Wildman–Crippen LogP) is 5.29. The highest BCUT2D eigenvalue weighted by Crippen LogP contribution is 3.02. The Bertz CT molecular complexity index is 844. The summed E-state index contributed by atoms with van der Waals surface area (Å²) in [6.45, 7) is 0.196. The molecule has 1 fully saturated rings. The second-order valence-electron chi connectivity index (χ2n) is 5.76. The average Bonchev–Trinajstić information content (AvgIpc) is 2.59. The molecule has 0 spiro atoms. The molecule has 0 amide bonds. The second kappa shape index (κ2) is 6.24. The van der Waals surface area contributed by atoms with Crippen molar-refractivity contribution in [3.63, 3.8) is 0 Å². The van der Waals surface area contributed by atoms with E-state index < -0.39 is 39.4 Å². The number of hydrogen-bond donors (Lipinski definition) is 0. The third-order valence-corrected chi connectivity index (χ3v) is 4.66. The molecule has 0 atom stereocenters. The van der Waals surface area contributed by atoms with Crippen LogP contribution in [-0.2, 0) is 16.1 Å². The number of halogens is 6. The van der Waals surface area contributed by atoms with Crippen LogP contribution in [0.3, 0.4) is 0 Å². The summed E-state index contributed by atoms with van der Waals surface area (Å²) in [5.74, 6) is -1.53. The molecule has 27 heavy (non-hydrogen) atoms. The first-order valence-corrected chi connectivity index (χ1v) is 9.57. The molecule has 2 heterocycles. The molecule has 0 N–H and O–H groups in total. The van der Waals surface area contributed by atoms with Crippen LogP contribution >= 0.6 is 10.2 Å². The van der Waals surface area contributed by atoms with Gasteiger partial charge in [0.05, 0.1) is 18.8 Å². The van der Waals surface area contributed by atoms with E-state index in [1.165, 1.54) is 6.20 Å². The van der Waals surface area contributed by atoms with Crippen LogP contribution < -0.4 is 4.74 Å². The van der Waals surface area contributed by atoms with Crippen molar-refractivity contribution in [3.05, 3.63) is 47.7 Å². The Balaban J connectivity index is 1.83. The minimum absolute atomic E-state index is 0.0740. The van der Waals surface area contributed by atoms with Crippen LogP contribution in [0.15, 0.2) is 35.6 Å². The van der Waals surface area contributed by atoms with Gasteiger partial charge >= 0.3 is 10.2 Å². The minimum atomic E-state index is -10.0. The van der Waals surface area contributed by atoms with E-state index in [1.54, 1.807) is 0 Å². The zero-order chi connectivity index (χ0) is 19.8. The van der Waals surface area contributed by atoms with E-state index in [2.05, 4.69) is 9.97 Å². The van der Waals surface area contributed by atoms with Crippen LogP contribution in [0.4, 0.5) is 23.8 Å². The van der Waals surface area contributed by atoms with Gasteiger partial charge in [0.2, 0.25) is 5.88 Å². The topological polar surface area (TPSA) is 53.5 Å². The molecule has 0 radical (unpaired) electrons. The predicted molar refractivity (Wildman–Crippen MR) is 83.4 cm³/mol. The Morgan fingerprint density at radius 2 is 1.78 bits per heavy atom. The summed E-state index contributed by atoms with van der Waals surface area (Å²) in [6.07, 6.45) is 2.31. The summed E-state index contributed by atoms with van der Waals surface area (Å²) in [4.78, 5) is 5.32. The normalized spacial score (nSPS) is 18.6. The standard InChI is InChI=1S/C15H14F6N2O3S/c16-11-4-10(5-12(6-11)27(17,18,19,20)21)8-26-14-13(7-22-9-23-14)15-24-2-1-3-25-15/h4-7,9,15H,1-3,8H2. The molecule has 3 rings (SSSR count). The lowest BCUT2D eigenvalue weighted by molar-refractivity contribution is -0.184. The fourth-order valence-corrected chi connectivity index (χ4v) is 3.07. The summed E-state index contributed by atoms with van der Waals surface area (Å²) < 4.78 is 94.1. The molecule has 5 nitrogen and oxygen atoms in total. The average molecular weight is 416 g/mol. The summed E-state index contributed by atoms with van der Waals surface area (Å²) in [5.41, 5.74) is -0.158. The molecule has 1 aliphatic heterocycles. The number of aromatic nitrogens is 2. The molecule has 0 saturated carbocycles. The lowest BCUT2D eigenvalue weighted by Gasteiger charge is -2.40. The van der Waals surface area contributed by atoms with Crippen molar-refractivity contribution in [2.24, 2.45) is 0 Å². The van der Waals surface area contributed by atoms with Gasteiger partial charge in [0.25, 0.3) is 0 Å². The molecule has 0 unspecified atom stereocenters. The maximum absolute atomic E-state index is 13.5. The molecule has 1 aliphatic rings. The molecule has 1 aromatic heterocycles. The van der Waals surface area contributed by atoms with Crippen molar-refractivity contribution >= 4 is 10.2 Å². The maximum Gasteiger partial charge on any atom is 0.310 e. The SMILES string of the molecule is Fc1cc(COc2ncncc2C2OCCCO2)cc(S(F)(F)(F)(F)F)c1. The first-order chi connectivity index (χ1) is 12.4. The van der Waals surface area contributed by atoms with E-state index in [1.807, 2.05) is 0 Å². The lowest BCUT2D eigenvalue weighted by Crippen LogP contribution is -2.19. The van der Waals surface area contributed by atoms with E-state index in [4.69, 9.17) is 14.2 Å². The van der Waals surface area contributed by atoms with Crippen molar-refractivity contribution in [3.8, 4) is 5.88 Å². The number of hydrogen-bond acceptors (Lipinski definition) is 5. The molecule has 150 valence electrons. The van der Waals surface area contributed by atoms with Gasteiger partial charge in [-0.2, -0.15) is 0 Å². The van der Waals surface area contributed by atoms with Gasteiger partial charge in [-0.3, -0.25) is 0 Å². The highest BCUT2D eigenvalue weighted by atomic mass is 32.5. The number of rotatable bonds is 5. The first-order valence-electron chi connectivity index (χ1n) is 7.62. The number of nitrogens with zero attached hydrogens (tertiary/aromatic N) is 2. The van der Waals surface area contributed by atoms with E-state index in [0.29, 0.717) is 25.7 Å². The van der Waals surface area contributed by atoms with Gasteiger partial charge in [-0.25, -0.2) is 14.4 Å². The Morgan fingerprint density at radius 1 is 1.07 bits per heavy atom. The number of benzene rings is 1. The highest BCUT2D eigenvalue weighted by Gasteiger charge is 2.65. The van der Waals surface area contributed by atoms with E-state index in [0.717, 1.165) is 6.33 Å². The van der Waals surface area contributed by atoms with E-state index >= 15 is 0 Å². The second-order valence-corrected chi connectivity index (χ2v) is 8.17. The molecule has 0 bridgehead atoms. The Labute approximate surface area is 150 Å². The third-order valence-electron chi connectivity index (χ3n) is 3.54. The molecular formula is C15H14F6N2O3S. The monoisotopic (exact) mass is 416 g/mol. The Morgan fingerprint density at radius 3 is 2.44 bits per heavy atom. The summed E-state index contributed by atoms with van der Waals surface area (Å²) in [7, 11) is -10.0. The van der Waals surface area contributed by atoms with Crippen LogP contribution in [0.2, 0.25) is 0 Å². The number of ether oxygens (including phenoxy) is 3. The van der Waals surface area contributed by atoms with Crippen molar-refractivity contribution in [1.82, 2.24) is 9.97 Å². The largest absolute Gasteiger partial charge is 0.472 e. The van der Waals surface area contributed by atoms with Gasteiger partial charge in [-0.05, 0) is 30.2 Å². The van der Waals surface area contributed by atoms with Crippen LogP contribution in [0.5, 0.6) is 5.88 Å². The fourth-order valence-electron chi connectivity index (χ4n) is 2.36. The molecule has 1 saturated heterocycles. The third kappa shape index (κ3) is 5.02. The van der Waals surface area contributed by atoms with Gasteiger partial charge in [0, 0.05) is 6.20 Å². The van der Waals surface area contributed by atoms with Gasteiger partial charge in [0.15, 0.2) is 6.29 Å². The first kappa shape index (κ1) is 19.7. The summed E-state index contributed by atoms with van der Waals surface area (Å²) in [5, 5.41) is 0. The van der Waals surface area contributed by atoms with Crippen LogP contribution in [0.1, 0.15) is 23.8 Å². The maximum atomic E-state index is 13.5. The van der Waals surface area contributed by atoms with Gasteiger partial charge < -0.3 is 14.2 Å². The zero-order valence-electron chi connectivity index (χ0n) is 13.6. The van der Waals surface area contributed by atoms with E-state index in [9.17, 15) is 23.8 Å². The summed E-state index contributed by atoms with van der Waals surface area (Å²) in [6, 6.07) is 0.575. The smallest absolute Gasteiger partial charge is 0.310 e. The van der Waals surface area contributed by atoms with Crippen LogP contribution in [0, 0.1) is 5.82 Å². The van der Waals surface area contributed by atoms with Gasteiger partial charge in [-0.1, -0.05) is 19.4 Å². The van der Waals surface area contributed by atoms with Crippen molar-refractivity contribution < 1.29 is 38.0 Å². The Kier molecular flexibility index (Phi) is 4.56. The summed E-state index contributed by atoms with van der Waals surface area (Å²) >= 11 is 0. The lowest BCUT2D eigenvalue weighted by atomic mass is 10.2. The van der Waals surface area contributed by atoms with Gasteiger partial charge in [-0.15, -0.1) is 0 Å². The molecule has 0 aliphatic carbocycles. The zero-order valence-corrected chi connectivity index (χ0v) is 14.4. The highest BCUT2D eigenvalue weighted by molar-refractivity contribution is 8.45. The quantitative estimate of drug-likeness (QED) is 0.620. The van der Waals surface area contributed by atoms with Crippen LogP contribution in [0.25, 0.3) is 0 Å². The van der Waals surface area contributed by atoms with E-state index in [-0.39, 0.29) is 23.6 Å². The Hall–Kier alpha value is -2.05. The fraction of sp³-hybridized carbons (Fsp3) is 0.333.